The maximum atomic E-state index is 12.2. The molecule has 0 radical (unpaired) electrons. The van der Waals surface area contributed by atoms with Crippen LogP contribution in [0, 0.1) is 6.92 Å². The van der Waals surface area contributed by atoms with Gasteiger partial charge in [0.1, 0.15) is 0 Å². The molecule has 1 aliphatic heterocycles. The predicted molar refractivity (Wildman–Crippen MR) is 134 cm³/mol. The summed E-state index contributed by atoms with van der Waals surface area (Å²) in [6.07, 6.45) is 3.87. The Morgan fingerprint density at radius 3 is 2.55 bits per heavy atom. The maximum Gasteiger partial charge on any atom is 0.214 e. The highest BCUT2D eigenvalue weighted by Gasteiger charge is 2.27. The molecular formula is C21H32IN5O3S. The molecule has 3 rings (SSSR count). The van der Waals surface area contributed by atoms with E-state index in [0.29, 0.717) is 37.9 Å². The van der Waals surface area contributed by atoms with E-state index >= 15 is 0 Å². The Morgan fingerprint density at radius 2 is 1.94 bits per heavy atom. The minimum Gasteiger partial charge on any atom is -0.439 e. The molecule has 0 unspecified atom stereocenters. The first-order valence-electron chi connectivity index (χ1n) is 10.4. The van der Waals surface area contributed by atoms with Crippen molar-refractivity contribution in [2.45, 2.75) is 45.7 Å². The Balaban J connectivity index is 0.00000341. The molecule has 1 aromatic heterocycles. The van der Waals surface area contributed by atoms with Crippen LogP contribution >= 0.6 is 24.0 Å². The van der Waals surface area contributed by atoms with E-state index in [1.165, 1.54) is 5.56 Å². The molecule has 1 saturated heterocycles. The van der Waals surface area contributed by atoms with Gasteiger partial charge in [0.15, 0.2) is 11.7 Å². The molecule has 0 spiro atoms. The lowest BCUT2D eigenvalue weighted by atomic mass is 10.1. The zero-order valence-corrected chi connectivity index (χ0v) is 21.4. The van der Waals surface area contributed by atoms with Gasteiger partial charge in [-0.25, -0.2) is 17.7 Å². The largest absolute Gasteiger partial charge is 0.439 e. The van der Waals surface area contributed by atoms with E-state index in [1.807, 2.05) is 38.1 Å². The molecule has 2 heterocycles. The van der Waals surface area contributed by atoms with Gasteiger partial charge in [0, 0.05) is 31.7 Å². The third kappa shape index (κ3) is 7.18. The standard InChI is InChI=1S/C21H31N5O3S.HI/c1-4-13-30(27,28)26-11-9-18(10-12-26)25-21(22-3)24-15-20-23-14-19(29-20)17-7-5-16(2)6-8-17;/h5-8,14,18H,4,9-13,15H2,1-3H3,(H2,22,24,25);1H. The number of nitrogens with zero attached hydrogens (tertiary/aromatic N) is 3. The fourth-order valence-electron chi connectivity index (χ4n) is 3.46. The summed E-state index contributed by atoms with van der Waals surface area (Å²) in [4.78, 5) is 8.60. The van der Waals surface area contributed by atoms with Gasteiger partial charge in [-0.1, -0.05) is 36.8 Å². The van der Waals surface area contributed by atoms with E-state index < -0.39 is 10.0 Å². The number of aryl methyl sites for hydroxylation is 1. The quantitative estimate of drug-likeness (QED) is 0.306. The summed E-state index contributed by atoms with van der Waals surface area (Å²) in [6, 6.07) is 8.29. The van der Waals surface area contributed by atoms with Gasteiger partial charge < -0.3 is 15.1 Å². The number of aliphatic imine (C=N–C) groups is 1. The lowest BCUT2D eigenvalue weighted by Crippen LogP contribution is -2.49. The first-order chi connectivity index (χ1) is 14.4. The highest BCUT2D eigenvalue weighted by molar-refractivity contribution is 14.0. The molecule has 2 N–H and O–H groups in total. The number of nitrogens with one attached hydrogen (secondary N) is 2. The summed E-state index contributed by atoms with van der Waals surface area (Å²) in [7, 11) is -1.41. The second kappa shape index (κ2) is 11.8. The van der Waals surface area contributed by atoms with Crippen molar-refractivity contribution < 1.29 is 12.8 Å². The monoisotopic (exact) mass is 561 g/mol. The number of guanidine groups is 1. The molecule has 1 aromatic carbocycles. The van der Waals surface area contributed by atoms with Crippen molar-refractivity contribution in [1.82, 2.24) is 19.9 Å². The van der Waals surface area contributed by atoms with Crippen molar-refractivity contribution in [1.29, 1.82) is 0 Å². The summed E-state index contributed by atoms with van der Waals surface area (Å²) in [5.74, 6) is 2.18. The van der Waals surface area contributed by atoms with Crippen LogP contribution in [0.4, 0.5) is 0 Å². The van der Waals surface area contributed by atoms with Gasteiger partial charge in [-0.3, -0.25) is 4.99 Å². The molecule has 0 bridgehead atoms. The lowest BCUT2D eigenvalue weighted by molar-refractivity contribution is 0.306. The topological polar surface area (TPSA) is 99.8 Å². The van der Waals surface area contributed by atoms with Crippen molar-refractivity contribution in [3.63, 3.8) is 0 Å². The zero-order chi connectivity index (χ0) is 21.6. The van der Waals surface area contributed by atoms with Crippen LogP contribution in [0.15, 0.2) is 39.9 Å². The molecule has 172 valence electrons. The zero-order valence-electron chi connectivity index (χ0n) is 18.3. The second-order valence-electron chi connectivity index (χ2n) is 7.54. The Morgan fingerprint density at radius 1 is 1.26 bits per heavy atom. The molecule has 0 amide bonds. The molecule has 1 aliphatic rings. The van der Waals surface area contributed by atoms with Crippen LogP contribution in [0.25, 0.3) is 11.3 Å². The first-order valence-corrected chi connectivity index (χ1v) is 12.0. The van der Waals surface area contributed by atoms with Crippen molar-refractivity contribution in [2.24, 2.45) is 4.99 Å². The smallest absolute Gasteiger partial charge is 0.214 e. The molecule has 0 atom stereocenters. The fraction of sp³-hybridized carbons (Fsp3) is 0.524. The van der Waals surface area contributed by atoms with E-state index in [9.17, 15) is 8.42 Å². The van der Waals surface area contributed by atoms with Crippen molar-refractivity contribution >= 4 is 40.0 Å². The van der Waals surface area contributed by atoms with Crippen LogP contribution in [0.5, 0.6) is 0 Å². The SMILES string of the molecule is CCCS(=O)(=O)N1CCC(NC(=NC)NCc2ncc(-c3ccc(C)cc3)o2)CC1.I. The van der Waals surface area contributed by atoms with E-state index in [0.717, 1.165) is 24.2 Å². The van der Waals surface area contributed by atoms with Gasteiger partial charge in [0.25, 0.3) is 0 Å². The average molecular weight is 561 g/mol. The van der Waals surface area contributed by atoms with Gasteiger partial charge in [0.05, 0.1) is 18.5 Å². The fourth-order valence-corrected chi connectivity index (χ4v) is 5.00. The second-order valence-corrected chi connectivity index (χ2v) is 9.63. The number of piperidine rings is 1. The maximum absolute atomic E-state index is 12.2. The number of sulfonamides is 1. The Kier molecular flexibility index (Phi) is 9.76. The molecule has 1 fully saturated rings. The number of hydrogen-bond donors (Lipinski definition) is 2. The minimum absolute atomic E-state index is 0. The third-order valence-corrected chi connectivity index (χ3v) is 7.25. The van der Waals surface area contributed by atoms with Crippen molar-refractivity contribution in [2.75, 3.05) is 25.9 Å². The number of benzene rings is 1. The predicted octanol–water partition coefficient (Wildman–Crippen LogP) is 3.14. The lowest BCUT2D eigenvalue weighted by Gasteiger charge is -2.32. The van der Waals surface area contributed by atoms with Crippen LogP contribution in [0.1, 0.15) is 37.6 Å². The van der Waals surface area contributed by atoms with E-state index in [4.69, 9.17) is 4.42 Å². The number of hydrogen-bond acceptors (Lipinski definition) is 5. The molecule has 0 saturated carbocycles. The van der Waals surface area contributed by atoms with Crippen molar-refractivity contribution in [3.8, 4) is 11.3 Å². The summed E-state index contributed by atoms with van der Waals surface area (Å²) >= 11 is 0. The van der Waals surface area contributed by atoms with E-state index in [-0.39, 0.29) is 35.8 Å². The molecule has 8 nitrogen and oxygen atoms in total. The summed E-state index contributed by atoms with van der Waals surface area (Å²) in [5.41, 5.74) is 2.19. The highest BCUT2D eigenvalue weighted by Crippen LogP contribution is 2.20. The van der Waals surface area contributed by atoms with Crippen LogP contribution in [-0.2, 0) is 16.6 Å². The Labute approximate surface area is 202 Å². The van der Waals surface area contributed by atoms with Crippen LogP contribution in [0.3, 0.4) is 0 Å². The third-order valence-electron chi connectivity index (χ3n) is 5.17. The van der Waals surface area contributed by atoms with Crippen molar-refractivity contribution in [3.05, 3.63) is 41.9 Å². The number of oxazole rings is 1. The van der Waals surface area contributed by atoms with Crippen LogP contribution in [0.2, 0.25) is 0 Å². The molecule has 2 aromatic rings. The average Bonchev–Trinajstić information content (AvgIpc) is 3.21. The van der Waals surface area contributed by atoms with E-state index in [1.54, 1.807) is 17.5 Å². The number of halogens is 1. The Bertz CT molecular complexity index is 952. The number of aromatic nitrogens is 1. The molecule has 0 aliphatic carbocycles. The molecule has 10 heteroatoms. The van der Waals surface area contributed by atoms with Crippen LogP contribution in [-0.4, -0.2) is 55.6 Å². The summed E-state index contributed by atoms with van der Waals surface area (Å²) in [6.45, 7) is 5.42. The van der Waals surface area contributed by atoms with Gasteiger partial charge in [0.2, 0.25) is 15.9 Å². The normalized spacial score (nSPS) is 16.0. The van der Waals surface area contributed by atoms with Gasteiger partial charge >= 0.3 is 0 Å². The molecular weight excluding hydrogens is 529 g/mol. The first kappa shape index (κ1) is 25.6. The number of rotatable bonds is 7. The van der Waals surface area contributed by atoms with Crippen LogP contribution < -0.4 is 10.6 Å². The van der Waals surface area contributed by atoms with E-state index in [2.05, 4.69) is 20.6 Å². The highest BCUT2D eigenvalue weighted by atomic mass is 127. The van der Waals surface area contributed by atoms with Gasteiger partial charge in [-0.2, -0.15) is 0 Å². The summed E-state index contributed by atoms with van der Waals surface area (Å²) in [5, 5.41) is 6.59. The van der Waals surface area contributed by atoms with Gasteiger partial charge in [-0.15, -0.1) is 24.0 Å². The van der Waals surface area contributed by atoms with Gasteiger partial charge in [-0.05, 0) is 26.2 Å². The Hall–Kier alpha value is -1.66. The minimum atomic E-state index is -3.12. The summed E-state index contributed by atoms with van der Waals surface area (Å²) < 4.78 is 31.8. The molecule has 31 heavy (non-hydrogen) atoms.